The predicted molar refractivity (Wildman–Crippen MR) is 92.6 cm³/mol. The maximum Gasteiger partial charge on any atom is 0.256 e. The van der Waals surface area contributed by atoms with Gasteiger partial charge in [-0.3, -0.25) is 4.79 Å². The van der Waals surface area contributed by atoms with E-state index in [4.69, 9.17) is 0 Å². The Morgan fingerprint density at radius 1 is 1.29 bits per heavy atom. The molecule has 1 aliphatic heterocycles. The normalized spacial score (nSPS) is 14.5. The maximum absolute atomic E-state index is 12.2. The molecule has 1 N–H and O–H groups in total. The van der Waals surface area contributed by atoms with Crippen molar-refractivity contribution in [1.29, 1.82) is 0 Å². The Hall–Kier alpha value is -1.33. The van der Waals surface area contributed by atoms with Crippen LogP contribution in [0.2, 0.25) is 0 Å². The van der Waals surface area contributed by atoms with Gasteiger partial charge < -0.3 is 10.2 Å². The highest BCUT2D eigenvalue weighted by atomic mass is 79.9. The summed E-state index contributed by atoms with van der Waals surface area (Å²) >= 11 is 4.90. The van der Waals surface area contributed by atoms with Crippen molar-refractivity contribution in [1.82, 2.24) is 0 Å². The van der Waals surface area contributed by atoms with Crippen LogP contribution >= 0.6 is 27.3 Å². The second kappa shape index (κ2) is 6.20. The van der Waals surface area contributed by atoms with Crippen LogP contribution in [0.25, 0.3) is 0 Å². The number of carbonyl (C=O) groups excluding carboxylic acids is 1. The van der Waals surface area contributed by atoms with Crippen LogP contribution in [0.4, 0.5) is 11.4 Å². The number of thiophene rings is 1. The molecule has 1 fully saturated rings. The minimum absolute atomic E-state index is 0.0611. The lowest BCUT2D eigenvalue weighted by atomic mass is 10.1. The van der Waals surface area contributed by atoms with E-state index in [2.05, 4.69) is 38.3 Å². The monoisotopic (exact) mass is 364 g/mol. The molecule has 1 amide bonds. The van der Waals surface area contributed by atoms with Crippen LogP contribution in [0.1, 0.15) is 28.8 Å². The number of hydrogen-bond donors (Lipinski definition) is 1. The van der Waals surface area contributed by atoms with Crippen LogP contribution in [0.5, 0.6) is 0 Å². The molecule has 0 aliphatic carbocycles. The highest BCUT2D eigenvalue weighted by Gasteiger charge is 2.14. The summed E-state index contributed by atoms with van der Waals surface area (Å²) in [5, 5.41) is 4.84. The van der Waals surface area contributed by atoms with Gasteiger partial charge in [0.2, 0.25) is 0 Å². The van der Waals surface area contributed by atoms with Gasteiger partial charge in [-0.15, -0.1) is 11.3 Å². The van der Waals surface area contributed by atoms with Crippen molar-refractivity contribution in [2.45, 2.75) is 19.8 Å². The van der Waals surface area contributed by atoms with E-state index in [0.717, 1.165) is 28.1 Å². The molecule has 0 spiro atoms. The molecule has 0 unspecified atom stereocenters. The summed E-state index contributed by atoms with van der Waals surface area (Å²) in [7, 11) is 0. The fraction of sp³-hybridized carbons (Fsp3) is 0.312. The summed E-state index contributed by atoms with van der Waals surface area (Å²) in [5.41, 5.74) is 3.92. The third kappa shape index (κ3) is 3.30. The first-order chi connectivity index (χ1) is 10.1. The van der Waals surface area contributed by atoms with Crippen LogP contribution in [0, 0.1) is 6.92 Å². The highest BCUT2D eigenvalue weighted by molar-refractivity contribution is 9.11. The molecule has 3 nitrogen and oxygen atoms in total. The molecule has 2 aromatic rings. The van der Waals surface area contributed by atoms with E-state index >= 15 is 0 Å². The van der Waals surface area contributed by atoms with Crippen molar-refractivity contribution < 1.29 is 4.79 Å². The van der Waals surface area contributed by atoms with Crippen molar-refractivity contribution in [3.8, 4) is 0 Å². The highest BCUT2D eigenvalue weighted by Crippen LogP contribution is 2.26. The summed E-state index contributed by atoms with van der Waals surface area (Å²) in [6, 6.07) is 8.10. The van der Waals surface area contributed by atoms with Gasteiger partial charge in [-0.1, -0.05) is 0 Å². The number of hydrogen-bond acceptors (Lipinski definition) is 3. The molecule has 3 rings (SSSR count). The molecule has 1 aromatic heterocycles. The third-order valence-electron chi connectivity index (χ3n) is 3.76. The number of aryl methyl sites for hydroxylation is 1. The van der Waals surface area contributed by atoms with Gasteiger partial charge >= 0.3 is 0 Å². The first kappa shape index (κ1) is 14.6. The number of amides is 1. The van der Waals surface area contributed by atoms with Gasteiger partial charge in [-0.2, -0.15) is 0 Å². The Kier molecular flexibility index (Phi) is 4.31. The number of halogens is 1. The van der Waals surface area contributed by atoms with Crippen LogP contribution in [0.3, 0.4) is 0 Å². The van der Waals surface area contributed by atoms with E-state index in [-0.39, 0.29) is 5.91 Å². The van der Waals surface area contributed by atoms with E-state index in [1.165, 1.54) is 29.9 Å². The molecule has 2 heterocycles. The standard InChI is InChI=1S/C16H17BrN2OS/c1-11-8-13(19-6-2-3-7-19)4-5-14(11)18-16(20)12-9-15(17)21-10-12/h4-5,8-10H,2-3,6-7H2,1H3,(H,18,20). The van der Waals surface area contributed by atoms with Gasteiger partial charge in [0.15, 0.2) is 0 Å². The van der Waals surface area contributed by atoms with Gasteiger partial charge in [0.25, 0.3) is 5.91 Å². The lowest BCUT2D eigenvalue weighted by Gasteiger charge is -2.19. The molecule has 0 atom stereocenters. The van der Waals surface area contributed by atoms with E-state index in [1.807, 2.05) is 24.4 Å². The fourth-order valence-electron chi connectivity index (χ4n) is 2.58. The Labute approximate surface area is 137 Å². The predicted octanol–water partition coefficient (Wildman–Crippen LogP) is 4.67. The summed E-state index contributed by atoms with van der Waals surface area (Å²) in [4.78, 5) is 14.6. The fourth-order valence-corrected chi connectivity index (χ4v) is 3.72. The zero-order chi connectivity index (χ0) is 14.8. The quantitative estimate of drug-likeness (QED) is 0.857. The Morgan fingerprint density at radius 2 is 2.05 bits per heavy atom. The molecule has 1 aromatic carbocycles. The number of rotatable bonds is 3. The lowest BCUT2D eigenvalue weighted by Crippen LogP contribution is -2.18. The lowest BCUT2D eigenvalue weighted by molar-refractivity contribution is 0.102. The van der Waals surface area contributed by atoms with Gasteiger partial charge in [0.05, 0.1) is 9.35 Å². The van der Waals surface area contributed by atoms with Crippen LogP contribution in [-0.4, -0.2) is 19.0 Å². The number of anilines is 2. The number of nitrogens with one attached hydrogen (secondary N) is 1. The number of benzene rings is 1. The zero-order valence-corrected chi connectivity index (χ0v) is 14.3. The first-order valence-corrected chi connectivity index (χ1v) is 8.72. The molecule has 0 radical (unpaired) electrons. The maximum atomic E-state index is 12.2. The van der Waals surface area contributed by atoms with Gasteiger partial charge in [-0.05, 0) is 65.5 Å². The molecule has 0 saturated carbocycles. The van der Waals surface area contributed by atoms with Gasteiger partial charge in [-0.25, -0.2) is 0 Å². The number of carbonyl (C=O) groups is 1. The molecule has 21 heavy (non-hydrogen) atoms. The Morgan fingerprint density at radius 3 is 2.67 bits per heavy atom. The molecule has 110 valence electrons. The summed E-state index contributed by atoms with van der Waals surface area (Å²) in [6.07, 6.45) is 2.54. The topological polar surface area (TPSA) is 32.3 Å². The van der Waals surface area contributed by atoms with Crippen molar-refractivity contribution in [2.24, 2.45) is 0 Å². The minimum atomic E-state index is -0.0611. The largest absolute Gasteiger partial charge is 0.372 e. The average molecular weight is 365 g/mol. The zero-order valence-electron chi connectivity index (χ0n) is 11.9. The Bertz CT molecular complexity index is 662. The van der Waals surface area contributed by atoms with Crippen molar-refractivity contribution in [3.63, 3.8) is 0 Å². The minimum Gasteiger partial charge on any atom is -0.372 e. The first-order valence-electron chi connectivity index (χ1n) is 7.04. The van der Waals surface area contributed by atoms with Gasteiger partial charge in [0, 0.05) is 29.8 Å². The van der Waals surface area contributed by atoms with E-state index in [1.54, 1.807) is 0 Å². The third-order valence-corrected chi connectivity index (χ3v) is 5.26. The van der Waals surface area contributed by atoms with Crippen LogP contribution in [0.15, 0.2) is 33.4 Å². The number of nitrogens with zero attached hydrogens (tertiary/aromatic N) is 1. The van der Waals surface area contributed by atoms with Crippen molar-refractivity contribution >= 4 is 44.5 Å². The second-order valence-electron chi connectivity index (χ2n) is 5.29. The van der Waals surface area contributed by atoms with Crippen LogP contribution < -0.4 is 10.2 Å². The molecular formula is C16H17BrN2OS. The molecule has 1 aliphatic rings. The summed E-state index contributed by atoms with van der Waals surface area (Å²) in [5.74, 6) is -0.0611. The molecule has 1 saturated heterocycles. The van der Waals surface area contributed by atoms with E-state index in [0.29, 0.717) is 5.56 Å². The van der Waals surface area contributed by atoms with Gasteiger partial charge in [0.1, 0.15) is 0 Å². The van der Waals surface area contributed by atoms with Crippen molar-refractivity contribution in [2.75, 3.05) is 23.3 Å². The SMILES string of the molecule is Cc1cc(N2CCCC2)ccc1NC(=O)c1csc(Br)c1. The second-order valence-corrected chi connectivity index (χ2v) is 7.58. The summed E-state index contributed by atoms with van der Waals surface area (Å²) < 4.78 is 0.966. The Balaban J connectivity index is 1.75. The smallest absolute Gasteiger partial charge is 0.256 e. The molecular weight excluding hydrogens is 348 g/mol. The van der Waals surface area contributed by atoms with E-state index < -0.39 is 0 Å². The van der Waals surface area contributed by atoms with Crippen LogP contribution in [-0.2, 0) is 0 Å². The van der Waals surface area contributed by atoms with E-state index in [9.17, 15) is 4.79 Å². The average Bonchev–Trinajstić information content (AvgIpc) is 3.12. The van der Waals surface area contributed by atoms with Crippen molar-refractivity contribution in [3.05, 3.63) is 44.6 Å². The molecule has 5 heteroatoms. The molecule has 0 bridgehead atoms. The summed E-state index contributed by atoms with van der Waals surface area (Å²) in [6.45, 7) is 4.31.